The summed E-state index contributed by atoms with van der Waals surface area (Å²) in [5, 5.41) is 6.89. The van der Waals surface area contributed by atoms with Crippen LogP contribution in [0.25, 0.3) is 10.8 Å². The smallest absolute Gasteiger partial charge is 0.0522 e. The molecule has 0 amide bonds. The fraction of sp³-hybridized carbons (Fsp3) is 0.278. The van der Waals surface area contributed by atoms with Gasteiger partial charge in [0.2, 0.25) is 0 Å². The topological polar surface area (TPSA) is 43.8 Å². The first kappa shape index (κ1) is 13.8. The molecule has 2 aromatic carbocycles. The Hall–Kier alpha value is -2.13. The maximum Gasteiger partial charge on any atom is 0.0522 e. The van der Waals surface area contributed by atoms with Crippen LogP contribution in [0.1, 0.15) is 18.1 Å². The van der Waals surface area contributed by atoms with E-state index in [1.807, 2.05) is 10.9 Å². The number of fused-ring (bicyclic) bond motifs is 1. The first-order chi connectivity index (χ1) is 10.3. The number of benzene rings is 2. The van der Waals surface area contributed by atoms with E-state index in [1.54, 1.807) is 0 Å². The molecule has 0 aliphatic carbocycles. The first-order valence-electron chi connectivity index (χ1n) is 7.50. The minimum absolute atomic E-state index is 0.116. The van der Waals surface area contributed by atoms with Crippen molar-refractivity contribution >= 4 is 10.8 Å². The van der Waals surface area contributed by atoms with E-state index in [9.17, 15) is 0 Å². The van der Waals surface area contributed by atoms with E-state index < -0.39 is 0 Å². The third-order valence-corrected chi connectivity index (χ3v) is 3.87. The van der Waals surface area contributed by atoms with Gasteiger partial charge in [0.05, 0.1) is 6.20 Å². The van der Waals surface area contributed by atoms with Gasteiger partial charge in [0.25, 0.3) is 0 Å². The zero-order valence-corrected chi connectivity index (χ0v) is 12.4. The minimum atomic E-state index is 0.116. The van der Waals surface area contributed by atoms with Crippen molar-refractivity contribution in [1.29, 1.82) is 0 Å². The molecule has 2 N–H and O–H groups in total. The molecule has 1 heterocycles. The zero-order chi connectivity index (χ0) is 14.7. The third kappa shape index (κ3) is 3.14. The summed E-state index contributed by atoms with van der Waals surface area (Å²) in [6, 6.07) is 15.0. The Morgan fingerprint density at radius 2 is 1.90 bits per heavy atom. The van der Waals surface area contributed by atoms with Crippen LogP contribution in [0.3, 0.4) is 0 Å². The summed E-state index contributed by atoms with van der Waals surface area (Å²) in [5.41, 5.74) is 8.88. The second-order valence-corrected chi connectivity index (χ2v) is 5.51. The van der Waals surface area contributed by atoms with Gasteiger partial charge in [-0.05, 0) is 41.7 Å². The Morgan fingerprint density at radius 1 is 1.10 bits per heavy atom. The normalized spacial score (nSPS) is 12.7. The fourth-order valence-corrected chi connectivity index (χ4v) is 2.81. The molecule has 0 saturated carbocycles. The van der Waals surface area contributed by atoms with Gasteiger partial charge >= 0.3 is 0 Å². The maximum absolute atomic E-state index is 6.34. The average Bonchev–Trinajstić information content (AvgIpc) is 2.95. The lowest BCUT2D eigenvalue weighted by molar-refractivity contribution is 0.651. The molecule has 0 fully saturated rings. The molecule has 3 heteroatoms. The van der Waals surface area contributed by atoms with Gasteiger partial charge in [-0.3, -0.25) is 4.68 Å². The standard InChI is InChI=1S/C18H21N3/c1-2-21-13-14(12-20-21)10-17(19)11-16-8-5-7-15-6-3-4-9-18(15)16/h3-9,12-13,17H,2,10-11,19H2,1H3. The number of aryl methyl sites for hydroxylation is 1. The molecule has 1 unspecified atom stereocenters. The molecule has 0 radical (unpaired) electrons. The van der Waals surface area contributed by atoms with Crippen LogP contribution >= 0.6 is 0 Å². The van der Waals surface area contributed by atoms with Gasteiger partial charge in [-0.25, -0.2) is 0 Å². The molecule has 3 nitrogen and oxygen atoms in total. The van der Waals surface area contributed by atoms with Crippen LogP contribution in [-0.4, -0.2) is 15.8 Å². The third-order valence-electron chi connectivity index (χ3n) is 3.87. The summed E-state index contributed by atoms with van der Waals surface area (Å²) >= 11 is 0. The van der Waals surface area contributed by atoms with Crippen molar-refractivity contribution in [3.05, 3.63) is 66.0 Å². The summed E-state index contributed by atoms with van der Waals surface area (Å²) in [7, 11) is 0. The maximum atomic E-state index is 6.34. The second kappa shape index (κ2) is 6.10. The molecule has 1 atom stereocenters. The van der Waals surface area contributed by atoms with Crippen LogP contribution in [0.15, 0.2) is 54.9 Å². The molecule has 0 aliphatic rings. The van der Waals surface area contributed by atoms with Crippen molar-refractivity contribution in [3.63, 3.8) is 0 Å². The van der Waals surface area contributed by atoms with E-state index in [0.717, 1.165) is 19.4 Å². The van der Waals surface area contributed by atoms with Crippen molar-refractivity contribution in [2.24, 2.45) is 5.73 Å². The van der Waals surface area contributed by atoms with Gasteiger partial charge in [-0.15, -0.1) is 0 Å². The molecular formula is C18H21N3. The van der Waals surface area contributed by atoms with Crippen molar-refractivity contribution in [2.75, 3.05) is 0 Å². The first-order valence-corrected chi connectivity index (χ1v) is 7.50. The molecule has 0 saturated heterocycles. The molecule has 0 spiro atoms. The number of hydrogen-bond acceptors (Lipinski definition) is 2. The number of aromatic nitrogens is 2. The van der Waals surface area contributed by atoms with E-state index in [-0.39, 0.29) is 6.04 Å². The molecule has 1 aromatic heterocycles. The molecule has 108 valence electrons. The SMILES string of the molecule is CCn1cc(CC(N)Cc2cccc3ccccc23)cn1. The molecule has 3 aromatic rings. The summed E-state index contributed by atoms with van der Waals surface area (Å²) < 4.78 is 1.94. The van der Waals surface area contributed by atoms with Gasteiger partial charge in [-0.1, -0.05) is 42.5 Å². The monoisotopic (exact) mass is 279 g/mol. The quantitative estimate of drug-likeness (QED) is 0.779. The highest BCUT2D eigenvalue weighted by Crippen LogP contribution is 2.20. The highest BCUT2D eigenvalue weighted by molar-refractivity contribution is 5.85. The van der Waals surface area contributed by atoms with Gasteiger partial charge in [-0.2, -0.15) is 5.10 Å². The van der Waals surface area contributed by atoms with Crippen LogP contribution < -0.4 is 5.73 Å². The molecule has 21 heavy (non-hydrogen) atoms. The molecule has 3 rings (SSSR count). The lowest BCUT2D eigenvalue weighted by Gasteiger charge is -2.12. The summed E-state index contributed by atoms with van der Waals surface area (Å²) in [5.74, 6) is 0. The van der Waals surface area contributed by atoms with Crippen molar-refractivity contribution < 1.29 is 0 Å². The van der Waals surface area contributed by atoms with Crippen LogP contribution in [0.2, 0.25) is 0 Å². The van der Waals surface area contributed by atoms with Crippen molar-refractivity contribution in [2.45, 2.75) is 32.4 Å². The largest absolute Gasteiger partial charge is 0.327 e. The van der Waals surface area contributed by atoms with E-state index in [0.29, 0.717) is 0 Å². The van der Waals surface area contributed by atoms with Gasteiger partial charge in [0.15, 0.2) is 0 Å². The minimum Gasteiger partial charge on any atom is -0.327 e. The van der Waals surface area contributed by atoms with Crippen LogP contribution in [0.5, 0.6) is 0 Å². The van der Waals surface area contributed by atoms with Crippen LogP contribution in [0, 0.1) is 0 Å². The zero-order valence-electron chi connectivity index (χ0n) is 12.4. The Morgan fingerprint density at radius 3 is 2.71 bits per heavy atom. The molecule has 0 bridgehead atoms. The Balaban J connectivity index is 1.75. The van der Waals surface area contributed by atoms with Gasteiger partial charge in [0, 0.05) is 18.8 Å². The van der Waals surface area contributed by atoms with E-state index in [2.05, 4.69) is 60.7 Å². The van der Waals surface area contributed by atoms with Gasteiger partial charge < -0.3 is 5.73 Å². The number of hydrogen-bond donors (Lipinski definition) is 1. The van der Waals surface area contributed by atoms with Gasteiger partial charge in [0.1, 0.15) is 0 Å². The molecule has 0 aliphatic heterocycles. The lowest BCUT2D eigenvalue weighted by atomic mass is 9.96. The summed E-state index contributed by atoms with van der Waals surface area (Å²) in [6.45, 7) is 2.99. The predicted molar refractivity (Wildman–Crippen MR) is 87.2 cm³/mol. The van der Waals surface area contributed by atoms with Crippen molar-refractivity contribution in [3.8, 4) is 0 Å². The summed E-state index contributed by atoms with van der Waals surface area (Å²) in [4.78, 5) is 0. The number of rotatable bonds is 5. The van der Waals surface area contributed by atoms with Crippen molar-refractivity contribution in [1.82, 2.24) is 9.78 Å². The van der Waals surface area contributed by atoms with E-state index in [4.69, 9.17) is 5.73 Å². The second-order valence-electron chi connectivity index (χ2n) is 5.51. The fourth-order valence-electron chi connectivity index (χ4n) is 2.81. The number of nitrogens with two attached hydrogens (primary N) is 1. The molecular weight excluding hydrogens is 258 g/mol. The van der Waals surface area contributed by atoms with Crippen LogP contribution in [0.4, 0.5) is 0 Å². The number of nitrogens with zero attached hydrogens (tertiary/aromatic N) is 2. The van der Waals surface area contributed by atoms with E-state index >= 15 is 0 Å². The van der Waals surface area contributed by atoms with Crippen LogP contribution in [-0.2, 0) is 19.4 Å². The van der Waals surface area contributed by atoms with E-state index in [1.165, 1.54) is 21.9 Å². The summed E-state index contributed by atoms with van der Waals surface area (Å²) in [6.07, 6.45) is 5.76. The Kier molecular flexibility index (Phi) is 4.02. The average molecular weight is 279 g/mol. The lowest BCUT2D eigenvalue weighted by Crippen LogP contribution is -2.25. The predicted octanol–water partition coefficient (Wildman–Crippen LogP) is 3.17. The Bertz CT molecular complexity index is 725. The highest BCUT2D eigenvalue weighted by Gasteiger charge is 2.09. The Labute approximate surface area is 125 Å². The highest BCUT2D eigenvalue weighted by atomic mass is 15.3.